The van der Waals surface area contributed by atoms with E-state index in [4.69, 9.17) is 8.39 Å². The summed E-state index contributed by atoms with van der Waals surface area (Å²) >= 11 is 0. The van der Waals surface area contributed by atoms with Crippen molar-refractivity contribution in [3.8, 4) is 0 Å². The SMILES string of the molecule is Cc1ccc(S(=O)(=O)N(c2ccccc2)p2oc3c(C(C)(C)C)cc(C(C)(C)C)cc3c3cc(C(C)(C)C)cc(C(C)(C)C)c3o2)cc1. The van der Waals surface area contributed by atoms with Gasteiger partial charge in [0.15, 0.2) is 0 Å². The summed E-state index contributed by atoms with van der Waals surface area (Å²) in [5.41, 5.74) is 6.20. The second-order valence-electron chi connectivity index (χ2n) is 17.1. The van der Waals surface area contributed by atoms with Crippen LogP contribution in [0.4, 0.5) is 5.69 Å². The number of fused-ring (bicyclic) bond motifs is 3. The number of hydrogen-bond acceptors (Lipinski definition) is 4. The van der Waals surface area contributed by atoms with Crippen LogP contribution in [-0.2, 0) is 31.7 Å². The van der Waals surface area contributed by atoms with Gasteiger partial charge in [0.1, 0.15) is 11.2 Å². The Bertz CT molecular complexity index is 2030. The number of para-hydroxylation sites is 1. The van der Waals surface area contributed by atoms with Gasteiger partial charge in [-0.25, -0.2) is 8.42 Å². The Kier molecular flexibility index (Phi) is 9.06. The maximum atomic E-state index is 14.8. The minimum Gasteiger partial charge on any atom is -0.403 e. The Balaban J connectivity index is 2.11. The highest BCUT2D eigenvalue weighted by Gasteiger charge is 2.34. The molecule has 5 nitrogen and oxygen atoms in total. The third-order valence-electron chi connectivity index (χ3n) is 8.83. The van der Waals surface area contributed by atoms with Crippen molar-refractivity contribution in [2.75, 3.05) is 4.08 Å². The average Bonchev–Trinajstić information content (AvgIpc) is 3.11. The van der Waals surface area contributed by atoms with E-state index in [9.17, 15) is 8.42 Å². The first-order chi connectivity index (χ1) is 22.0. The van der Waals surface area contributed by atoms with Crippen molar-refractivity contribution in [2.24, 2.45) is 0 Å². The Morgan fingerprint density at radius 2 is 0.979 bits per heavy atom. The second-order valence-corrected chi connectivity index (χ2v) is 20.4. The molecular formula is C41H52NO4PS. The Hall–Kier alpha value is -3.47. The molecule has 0 saturated heterocycles. The van der Waals surface area contributed by atoms with Gasteiger partial charge in [-0.05, 0) is 76.1 Å². The number of hydrogen-bond donors (Lipinski definition) is 0. The van der Waals surface area contributed by atoms with Crippen molar-refractivity contribution in [3.05, 3.63) is 107 Å². The molecule has 0 aliphatic heterocycles. The quantitative estimate of drug-likeness (QED) is 0.189. The van der Waals surface area contributed by atoms with E-state index in [0.29, 0.717) is 16.9 Å². The standard InChI is InChI=1S/C41H52NO4PS/c1-27-19-21-31(22-20-27)48(43,44)42(30-17-15-14-16-18-30)47-45-36-32(23-28(38(2,3)4)25-34(36)40(8,9)10)33-24-29(39(5,6)7)26-35(37(33)46-47)41(11,12)13/h14-26H,1-13H3. The number of anilines is 1. The lowest BCUT2D eigenvalue weighted by Crippen LogP contribution is -2.23. The fourth-order valence-corrected chi connectivity index (χ4v) is 9.25. The number of nitrogens with zero attached hydrogens (tertiary/aromatic N) is 1. The van der Waals surface area contributed by atoms with Crippen molar-refractivity contribution in [1.29, 1.82) is 0 Å². The van der Waals surface area contributed by atoms with Gasteiger partial charge in [-0.2, -0.15) is 4.08 Å². The zero-order valence-corrected chi connectivity index (χ0v) is 32.7. The summed E-state index contributed by atoms with van der Waals surface area (Å²) in [5.74, 6) is 0. The van der Waals surface area contributed by atoms with E-state index in [-0.39, 0.29) is 26.6 Å². The zero-order valence-electron chi connectivity index (χ0n) is 30.9. The maximum Gasteiger partial charge on any atom is 0.356 e. The molecule has 0 aliphatic carbocycles. The number of aryl methyl sites for hydroxylation is 1. The Morgan fingerprint density at radius 1 is 0.562 bits per heavy atom. The summed E-state index contributed by atoms with van der Waals surface area (Å²) in [4.78, 5) is 0.176. The van der Waals surface area contributed by atoms with Crippen LogP contribution in [-0.4, -0.2) is 8.42 Å². The summed E-state index contributed by atoms with van der Waals surface area (Å²) in [6.07, 6.45) is 0. The van der Waals surface area contributed by atoms with E-state index in [1.54, 1.807) is 24.3 Å². The van der Waals surface area contributed by atoms with E-state index in [1.807, 2.05) is 37.3 Å². The molecule has 5 aromatic rings. The van der Waals surface area contributed by atoms with E-state index in [1.165, 1.54) is 15.2 Å². The molecule has 0 unspecified atom stereocenters. The fourth-order valence-electron chi connectivity index (χ4n) is 5.77. The second kappa shape index (κ2) is 12.1. The van der Waals surface area contributed by atoms with Crippen LogP contribution in [0.2, 0.25) is 0 Å². The molecule has 5 rings (SSSR count). The smallest absolute Gasteiger partial charge is 0.356 e. The minimum absolute atomic E-state index is 0.146. The molecule has 0 N–H and O–H groups in total. The molecule has 7 heteroatoms. The van der Waals surface area contributed by atoms with Gasteiger partial charge >= 0.3 is 8.16 Å². The summed E-state index contributed by atoms with van der Waals surface area (Å²) < 4.78 is 45.1. The number of sulfonamides is 1. The predicted octanol–water partition coefficient (Wildman–Crippen LogP) is 12.4. The molecule has 0 bridgehead atoms. The molecule has 1 aromatic heterocycles. The van der Waals surface area contributed by atoms with Gasteiger partial charge in [-0.3, -0.25) is 0 Å². The van der Waals surface area contributed by atoms with Crippen LogP contribution >= 0.6 is 8.16 Å². The topological polar surface area (TPSA) is 63.7 Å². The lowest BCUT2D eigenvalue weighted by atomic mass is 9.77. The number of rotatable bonds is 4. The van der Waals surface area contributed by atoms with Crippen LogP contribution in [0.1, 0.15) is 111 Å². The highest BCUT2D eigenvalue weighted by molar-refractivity contribution is 7.98. The summed E-state index contributed by atoms with van der Waals surface area (Å²) in [6.45, 7) is 28.3. The van der Waals surface area contributed by atoms with Crippen molar-refractivity contribution >= 4 is 45.8 Å². The van der Waals surface area contributed by atoms with Crippen LogP contribution < -0.4 is 4.08 Å². The van der Waals surface area contributed by atoms with Gasteiger partial charge in [0.05, 0.1) is 10.6 Å². The summed E-state index contributed by atoms with van der Waals surface area (Å²) in [7, 11) is -6.43. The summed E-state index contributed by atoms with van der Waals surface area (Å²) in [5, 5.41) is 1.84. The highest BCUT2D eigenvalue weighted by Crippen LogP contribution is 2.49. The first kappa shape index (κ1) is 35.8. The molecule has 4 aromatic carbocycles. The fraction of sp³-hybridized carbons (Fsp3) is 0.415. The first-order valence-electron chi connectivity index (χ1n) is 16.7. The first-order valence-corrected chi connectivity index (χ1v) is 19.3. The van der Waals surface area contributed by atoms with Crippen LogP contribution in [0.3, 0.4) is 0 Å². The van der Waals surface area contributed by atoms with Crippen molar-refractivity contribution in [3.63, 3.8) is 0 Å². The van der Waals surface area contributed by atoms with E-state index in [0.717, 1.165) is 27.5 Å². The van der Waals surface area contributed by atoms with Crippen LogP contribution in [0.15, 0.2) is 92.2 Å². The maximum absolute atomic E-state index is 14.8. The average molecular weight is 686 g/mol. The Labute approximate surface area is 289 Å². The van der Waals surface area contributed by atoms with Gasteiger partial charge in [-0.15, -0.1) is 0 Å². The third-order valence-corrected chi connectivity index (χ3v) is 12.6. The van der Waals surface area contributed by atoms with Gasteiger partial charge in [0, 0.05) is 21.9 Å². The molecular weight excluding hydrogens is 633 g/mol. The van der Waals surface area contributed by atoms with Crippen LogP contribution in [0.5, 0.6) is 0 Å². The van der Waals surface area contributed by atoms with Gasteiger partial charge in [0.2, 0.25) is 0 Å². The van der Waals surface area contributed by atoms with Gasteiger partial charge in [0.25, 0.3) is 10.0 Å². The molecule has 0 saturated carbocycles. The van der Waals surface area contributed by atoms with Crippen LogP contribution in [0.25, 0.3) is 21.9 Å². The largest absolute Gasteiger partial charge is 0.403 e. The molecule has 48 heavy (non-hydrogen) atoms. The third kappa shape index (κ3) is 6.98. The monoisotopic (exact) mass is 685 g/mol. The molecule has 0 amide bonds. The molecule has 0 atom stereocenters. The normalized spacial score (nSPS) is 13.3. The number of benzene rings is 4. The van der Waals surface area contributed by atoms with E-state index >= 15 is 0 Å². The van der Waals surface area contributed by atoms with Crippen molar-refractivity contribution in [1.82, 2.24) is 0 Å². The molecule has 0 spiro atoms. The van der Waals surface area contributed by atoms with Crippen molar-refractivity contribution < 1.29 is 16.8 Å². The van der Waals surface area contributed by atoms with Crippen LogP contribution in [0, 0.1) is 6.92 Å². The molecule has 0 aliphatic rings. The molecule has 0 fully saturated rings. The zero-order chi connectivity index (χ0) is 35.6. The highest BCUT2D eigenvalue weighted by atomic mass is 32.2. The van der Waals surface area contributed by atoms with E-state index in [2.05, 4.69) is 107 Å². The Morgan fingerprint density at radius 3 is 1.35 bits per heavy atom. The molecule has 0 radical (unpaired) electrons. The molecule has 1 heterocycles. The lowest BCUT2D eigenvalue weighted by Gasteiger charge is -2.27. The minimum atomic E-state index is -4.14. The predicted molar refractivity (Wildman–Crippen MR) is 204 cm³/mol. The van der Waals surface area contributed by atoms with E-state index < -0.39 is 18.2 Å². The summed E-state index contributed by atoms with van der Waals surface area (Å²) in [6, 6.07) is 25.0. The van der Waals surface area contributed by atoms with Gasteiger partial charge in [-0.1, -0.05) is 131 Å². The van der Waals surface area contributed by atoms with Gasteiger partial charge < -0.3 is 8.39 Å². The van der Waals surface area contributed by atoms with Crippen molar-refractivity contribution in [2.45, 2.75) is 117 Å². The molecule has 256 valence electrons. The lowest BCUT2D eigenvalue weighted by molar-refractivity contribution is 0.555.